The monoisotopic (exact) mass is 932 g/mol. The number of nitrogens with zero attached hydrogens (tertiary/aromatic N) is 6. The van der Waals surface area contributed by atoms with E-state index in [-0.39, 0.29) is 51.0 Å². The molecule has 20 nitrogen and oxygen atoms in total. The Morgan fingerprint density at radius 2 is 0.985 bits per heavy atom. The molecule has 4 aliphatic rings. The summed E-state index contributed by atoms with van der Waals surface area (Å²) in [5.74, 6) is -1.69. The summed E-state index contributed by atoms with van der Waals surface area (Å²) in [7, 11) is 0. The van der Waals surface area contributed by atoms with E-state index in [1.165, 1.54) is 9.36 Å². The fraction of sp³-hybridized carbons (Fsp3) is 0.417. The van der Waals surface area contributed by atoms with Crippen molar-refractivity contribution in [3.8, 4) is 11.4 Å². The SMILES string of the molecule is CC1(C)OC2OC(COCc3cn(-c4cc5ccccc5oc4=O)nn3)C(OCc3ccc(COC4C(COCc5cn(-c6cc7ccccc7oc6=O)nn5)OC5OC(C)(C)OC54)cc3)C2O1. The third kappa shape index (κ3) is 9.27. The molecule has 4 saturated heterocycles. The lowest BCUT2D eigenvalue weighted by molar-refractivity contribution is -0.225. The molecule has 4 aromatic heterocycles. The average Bonchev–Trinajstić information content (AvgIpc) is 4.18. The van der Waals surface area contributed by atoms with Crippen LogP contribution >= 0.6 is 0 Å². The summed E-state index contributed by atoms with van der Waals surface area (Å²) in [6.45, 7) is 8.41. The summed E-state index contributed by atoms with van der Waals surface area (Å²) in [5, 5.41) is 18.2. The Kier molecular flexibility index (Phi) is 11.9. The van der Waals surface area contributed by atoms with Gasteiger partial charge in [0.05, 0.1) is 52.0 Å². The summed E-state index contributed by atoms with van der Waals surface area (Å²) in [6.07, 6.45) is -1.00. The van der Waals surface area contributed by atoms with Crippen molar-refractivity contribution < 1.29 is 56.2 Å². The predicted molar refractivity (Wildman–Crippen MR) is 235 cm³/mol. The quantitative estimate of drug-likeness (QED) is 0.116. The number of aromatic nitrogens is 6. The minimum absolute atomic E-state index is 0.107. The van der Waals surface area contributed by atoms with Gasteiger partial charge >= 0.3 is 11.3 Å². The van der Waals surface area contributed by atoms with Gasteiger partial charge in [-0.3, -0.25) is 0 Å². The molecule has 0 amide bonds. The average molecular weight is 933 g/mol. The second kappa shape index (κ2) is 18.1. The number of benzene rings is 3. The highest BCUT2D eigenvalue weighted by molar-refractivity contribution is 5.78. The van der Waals surface area contributed by atoms with Crippen LogP contribution in [0, 0.1) is 0 Å². The maximum absolute atomic E-state index is 12.7. The maximum Gasteiger partial charge on any atom is 0.362 e. The smallest absolute Gasteiger partial charge is 0.362 e. The van der Waals surface area contributed by atoms with Gasteiger partial charge in [-0.1, -0.05) is 71.1 Å². The lowest BCUT2D eigenvalue weighted by atomic mass is 10.1. The van der Waals surface area contributed by atoms with E-state index in [1.807, 2.05) is 76.2 Å². The highest BCUT2D eigenvalue weighted by atomic mass is 16.9. The molecule has 68 heavy (non-hydrogen) atoms. The Balaban J connectivity index is 0.688. The summed E-state index contributed by atoms with van der Waals surface area (Å²) < 4.78 is 75.8. The van der Waals surface area contributed by atoms with Crippen molar-refractivity contribution in [2.45, 2.75) is 115 Å². The van der Waals surface area contributed by atoms with Gasteiger partial charge in [-0.2, -0.15) is 0 Å². The summed E-state index contributed by atoms with van der Waals surface area (Å²) in [6, 6.07) is 25.9. The summed E-state index contributed by atoms with van der Waals surface area (Å²) in [5.41, 5.74) is 3.27. The zero-order valence-corrected chi connectivity index (χ0v) is 37.5. The second-order valence-corrected chi connectivity index (χ2v) is 17.9. The van der Waals surface area contributed by atoms with E-state index in [4.69, 9.17) is 56.2 Å². The van der Waals surface area contributed by atoms with Gasteiger partial charge in [0.15, 0.2) is 35.5 Å². The van der Waals surface area contributed by atoms with Crippen LogP contribution in [0.3, 0.4) is 0 Å². The molecule has 0 bridgehead atoms. The van der Waals surface area contributed by atoms with Crippen LogP contribution in [0.5, 0.6) is 0 Å². The first-order valence-electron chi connectivity index (χ1n) is 22.3. The molecule has 8 unspecified atom stereocenters. The summed E-state index contributed by atoms with van der Waals surface area (Å²) in [4.78, 5) is 25.4. The van der Waals surface area contributed by atoms with Crippen molar-refractivity contribution >= 4 is 21.9 Å². The molecule has 0 radical (unpaired) electrons. The number of hydrogen-bond acceptors (Lipinski definition) is 18. The van der Waals surface area contributed by atoms with Crippen LogP contribution in [-0.2, 0) is 73.8 Å². The molecule has 11 rings (SSSR count). The first-order valence-corrected chi connectivity index (χ1v) is 22.3. The first-order chi connectivity index (χ1) is 32.9. The van der Waals surface area contributed by atoms with Gasteiger partial charge in [-0.05, 0) is 63.1 Å². The van der Waals surface area contributed by atoms with Crippen LogP contribution in [0.1, 0.15) is 50.2 Å². The predicted octanol–water partition coefficient (Wildman–Crippen LogP) is 5.02. The fourth-order valence-electron chi connectivity index (χ4n) is 8.83. The van der Waals surface area contributed by atoms with Gasteiger partial charge in [-0.15, -0.1) is 10.2 Å². The zero-order chi connectivity index (χ0) is 46.6. The molecule has 20 heteroatoms. The lowest BCUT2D eigenvalue weighted by Crippen LogP contribution is -2.39. The van der Waals surface area contributed by atoms with Gasteiger partial charge < -0.3 is 56.2 Å². The number of ether oxygens (including phenoxy) is 10. The second-order valence-electron chi connectivity index (χ2n) is 17.9. The normalized spacial score (nSPS) is 25.9. The molecule has 8 heterocycles. The number of para-hydroxylation sites is 2. The van der Waals surface area contributed by atoms with E-state index in [1.54, 1.807) is 48.8 Å². The van der Waals surface area contributed by atoms with Crippen molar-refractivity contribution in [3.63, 3.8) is 0 Å². The van der Waals surface area contributed by atoms with Crippen molar-refractivity contribution in [1.82, 2.24) is 30.0 Å². The number of rotatable bonds is 16. The third-order valence-corrected chi connectivity index (χ3v) is 12.0. The van der Waals surface area contributed by atoms with Crippen LogP contribution in [0.25, 0.3) is 33.3 Å². The molecule has 8 atom stereocenters. The molecule has 4 aliphatic heterocycles. The van der Waals surface area contributed by atoms with E-state index < -0.39 is 72.0 Å². The third-order valence-electron chi connectivity index (χ3n) is 12.0. The highest BCUT2D eigenvalue weighted by Crippen LogP contribution is 2.41. The van der Waals surface area contributed by atoms with Crippen LogP contribution in [0.2, 0.25) is 0 Å². The van der Waals surface area contributed by atoms with Crippen molar-refractivity contribution in [3.05, 3.63) is 141 Å². The molecule has 3 aromatic carbocycles. The minimum Gasteiger partial charge on any atom is -0.421 e. The van der Waals surface area contributed by atoms with Gasteiger partial charge in [0.2, 0.25) is 0 Å². The largest absolute Gasteiger partial charge is 0.421 e. The van der Waals surface area contributed by atoms with E-state index in [0.29, 0.717) is 22.6 Å². The van der Waals surface area contributed by atoms with E-state index >= 15 is 0 Å². The van der Waals surface area contributed by atoms with Crippen LogP contribution in [0.4, 0.5) is 0 Å². The Bertz CT molecular complexity index is 2840. The van der Waals surface area contributed by atoms with Crippen LogP contribution in [-0.4, -0.2) is 104 Å². The molecule has 354 valence electrons. The fourth-order valence-corrected chi connectivity index (χ4v) is 8.83. The maximum atomic E-state index is 12.7. The lowest BCUT2D eigenvalue weighted by Gasteiger charge is -2.26. The van der Waals surface area contributed by atoms with E-state index in [0.717, 1.165) is 21.9 Å². The van der Waals surface area contributed by atoms with Crippen LogP contribution < -0.4 is 11.3 Å². The molecule has 7 aromatic rings. The van der Waals surface area contributed by atoms with E-state index in [9.17, 15) is 9.59 Å². The van der Waals surface area contributed by atoms with Gasteiger partial charge in [-0.25, -0.2) is 19.0 Å². The molecular formula is C48H48N6O14. The van der Waals surface area contributed by atoms with E-state index in [2.05, 4.69) is 20.6 Å². The van der Waals surface area contributed by atoms with Gasteiger partial charge in [0.1, 0.15) is 59.2 Å². The highest BCUT2D eigenvalue weighted by Gasteiger charge is 2.56. The van der Waals surface area contributed by atoms with Gasteiger partial charge in [0, 0.05) is 10.8 Å². The Labute approximate surface area is 387 Å². The van der Waals surface area contributed by atoms with Crippen molar-refractivity contribution in [1.29, 1.82) is 0 Å². The molecule has 4 fully saturated rings. The Morgan fingerprint density at radius 1 is 0.559 bits per heavy atom. The molecule has 0 saturated carbocycles. The standard InChI is InChI=1S/C48H48N6O14/c1-47(2)65-41-39(37(63-45(41)67-47)25-57-23-31-19-53(51-49-31)33-17-29-9-5-7-11-35(29)61-43(33)55)59-21-27-13-15-28(16-14-27)22-60-40-38(64-46-42(40)66-48(3,4)68-46)26-58-24-32-20-54(52-50-32)34-18-30-10-6-8-12-36(30)62-44(34)56/h5-20,37-42,45-46H,21-26H2,1-4H3. The summed E-state index contributed by atoms with van der Waals surface area (Å²) >= 11 is 0. The number of fused-ring (bicyclic) bond motifs is 4. The zero-order valence-electron chi connectivity index (χ0n) is 37.5. The van der Waals surface area contributed by atoms with Gasteiger partial charge in [0.25, 0.3) is 0 Å². The molecule has 0 aliphatic carbocycles. The molecule has 0 spiro atoms. The number of hydrogen-bond donors (Lipinski definition) is 0. The minimum atomic E-state index is -0.847. The molecule has 0 N–H and O–H groups in total. The van der Waals surface area contributed by atoms with Crippen LogP contribution in [0.15, 0.2) is 116 Å². The first kappa shape index (κ1) is 44.5. The van der Waals surface area contributed by atoms with Crippen molar-refractivity contribution in [2.75, 3.05) is 13.2 Å². The Hall–Kier alpha value is -6.04. The Morgan fingerprint density at radius 3 is 1.43 bits per heavy atom. The van der Waals surface area contributed by atoms with Crippen molar-refractivity contribution in [2.24, 2.45) is 0 Å². The molecular weight excluding hydrogens is 885 g/mol. The topological polar surface area (TPSA) is 214 Å².